The van der Waals surface area contributed by atoms with Crippen LogP contribution in [0.15, 0.2) is 35.2 Å². The van der Waals surface area contributed by atoms with Gasteiger partial charge in [0.25, 0.3) is 0 Å². The molecule has 0 spiro atoms. The van der Waals surface area contributed by atoms with Crippen LogP contribution in [0.5, 0.6) is 0 Å². The van der Waals surface area contributed by atoms with Crippen LogP contribution in [0.25, 0.3) is 0 Å². The van der Waals surface area contributed by atoms with Gasteiger partial charge < -0.3 is 4.74 Å². The lowest BCUT2D eigenvalue weighted by Crippen LogP contribution is -2.60. The lowest BCUT2D eigenvalue weighted by Gasteiger charge is -2.47. The van der Waals surface area contributed by atoms with Crippen molar-refractivity contribution in [1.29, 1.82) is 0 Å². The van der Waals surface area contributed by atoms with Crippen LogP contribution in [0.4, 0.5) is 0 Å². The van der Waals surface area contributed by atoms with Crippen molar-refractivity contribution in [2.24, 2.45) is 11.8 Å². The lowest BCUT2D eigenvalue weighted by molar-refractivity contribution is -0.138. The van der Waals surface area contributed by atoms with E-state index in [2.05, 4.69) is 9.62 Å². The Hall–Kier alpha value is -1.28. The Morgan fingerprint density at radius 3 is 2.48 bits per heavy atom. The van der Waals surface area contributed by atoms with E-state index in [1.165, 1.54) is 0 Å². The fourth-order valence-electron chi connectivity index (χ4n) is 4.99. The molecule has 0 bridgehead atoms. The monoisotopic (exact) mass is 392 g/mol. The molecule has 1 aromatic rings. The third-order valence-corrected chi connectivity index (χ3v) is 7.86. The number of fused-ring (bicyclic) bond motifs is 1. The summed E-state index contributed by atoms with van der Waals surface area (Å²) in [7, 11) is -3.59. The molecule has 0 amide bonds. The van der Waals surface area contributed by atoms with Gasteiger partial charge in [0.05, 0.1) is 24.2 Å². The summed E-state index contributed by atoms with van der Waals surface area (Å²) in [4.78, 5) is 15.7. The van der Waals surface area contributed by atoms with Crippen LogP contribution < -0.4 is 4.72 Å². The molecule has 0 aromatic heterocycles. The van der Waals surface area contributed by atoms with Gasteiger partial charge in [-0.25, -0.2) is 13.1 Å². The van der Waals surface area contributed by atoms with E-state index in [0.29, 0.717) is 25.4 Å². The third kappa shape index (κ3) is 3.97. The smallest absolute Gasteiger partial charge is 0.240 e. The molecule has 148 valence electrons. The van der Waals surface area contributed by atoms with E-state index in [1.54, 1.807) is 24.3 Å². The first-order valence-electron chi connectivity index (χ1n) is 9.99. The first-order chi connectivity index (χ1) is 13.1. The van der Waals surface area contributed by atoms with Crippen LogP contribution in [0.2, 0.25) is 0 Å². The highest BCUT2D eigenvalue weighted by Crippen LogP contribution is 2.40. The Balaban J connectivity index is 1.58. The summed E-state index contributed by atoms with van der Waals surface area (Å²) >= 11 is 0. The van der Waals surface area contributed by atoms with Crippen LogP contribution in [0.3, 0.4) is 0 Å². The standard InChI is InChI=1S/C20H28N2O4S/c23-20-17-9-5-4-8-16(17)18(14-19(20)22-10-12-26-13-11-22)21-27(24,25)15-6-2-1-3-7-15/h1-3,6-7,16-19,21H,4-5,8-14H2. The molecule has 27 heavy (non-hydrogen) atoms. The van der Waals surface area contributed by atoms with E-state index in [9.17, 15) is 13.2 Å². The average molecular weight is 393 g/mol. The summed E-state index contributed by atoms with van der Waals surface area (Å²) in [6.07, 6.45) is 4.50. The predicted octanol–water partition coefficient (Wildman–Crippen LogP) is 1.81. The van der Waals surface area contributed by atoms with Crippen molar-refractivity contribution in [2.75, 3.05) is 26.3 Å². The van der Waals surface area contributed by atoms with E-state index < -0.39 is 10.0 Å². The highest BCUT2D eigenvalue weighted by Gasteiger charge is 2.47. The first kappa shape index (κ1) is 19.1. The normalized spacial score (nSPS) is 32.8. The molecule has 1 aromatic carbocycles. The predicted molar refractivity (Wildman–Crippen MR) is 102 cm³/mol. The van der Waals surface area contributed by atoms with Crippen molar-refractivity contribution in [3.05, 3.63) is 30.3 Å². The van der Waals surface area contributed by atoms with Gasteiger partial charge in [0, 0.05) is 25.0 Å². The van der Waals surface area contributed by atoms with Gasteiger partial charge in [0.1, 0.15) is 0 Å². The second-order valence-electron chi connectivity index (χ2n) is 7.90. The molecule has 1 N–H and O–H groups in total. The van der Waals surface area contributed by atoms with E-state index in [0.717, 1.165) is 38.8 Å². The quantitative estimate of drug-likeness (QED) is 0.846. The van der Waals surface area contributed by atoms with Crippen LogP contribution in [0, 0.1) is 11.8 Å². The Morgan fingerprint density at radius 2 is 1.74 bits per heavy atom. The number of hydrogen-bond acceptors (Lipinski definition) is 5. The molecule has 2 saturated carbocycles. The molecule has 6 nitrogen and oxygen atoms in total. The van der Waals surface area contributed by atoms with E-state index in [4.69, 9.17) is 4.74 Å². The summed E-state index contributed by atoms with van der Waals surface area (Å²) in [5.74, 6) is 0.405. The maximum atomic E-state index is 13.2. The highest BCUT2D eigenvalue weighted by molar-refractivity contribution is 7.89. The van der Waals surface area contributed by atoms with Crippen molar-refractivity contribution in [1.82, 2.24) is 9.62 Å². The minimum Gasteiger partial charge on any atom is -0.379 e. The van der Waals surface area contributed by atoms with Crippen molar-refractivity contribution in [2.45, 2.75) is 49.1 Å². The summed E-state index contributed by atoms with van der Waals surface area (Å²) in [5.41, 5.74) is 0. The van der Waals surface area contributed by atoms with Crippen LogP contribution in [-0.4, -0.2) is 57.5 Å². The van der Waals surface area contributed by atoms with Crippen molar-refractivity contribution in [3.63, 3.8) is 0 Å². The molecule has 4 rings (SSSR count). The molecule has 2 aliphatic carbocycles. The van der Waals surface area contributed by atoms with Crippen molar-refractivity contribution >= 4 is 15.8 Å². The zero-order valence-electron chi connectivity index (χ0n) is 15.5. The maximum absolute atomic E-state index is 13.2. The molecule has 0 radical (unpaired) electrons. The second kappa shape index (κ2) is 7.99. The number of ketones is 1. The second-order valence-corrected chi connectivity index (χ2v) is 9.61. The van der Waals surface area contributed by atoms with E-state index in [-0.39, 0.29) is 28.8 Å². The number of nitrogens with zero attached hydrogens (tertiary/aromatic N) is 1. The number of carbonyl (C=O) groups is 1. The fourth-order valence-corrected chi connectivity index (χ4v) is 6.31. The Kier molecular flexibility index (Phi) is 5.64. The topological polar surface area (TPSA) is 75.7 Å². The van der Waals surface area contributed by atoms with Crippen molar-refractivity contribution in [3.8, 4) is 0 Å². The fraction of sp³-hybridized carbons (Fsp3) is 0.650. The van der Waals surface area contributed by atoms with Gasteiger partial charge in [-0.1, -0.05) is 31.0 Å². The molecule has 1 aliphatic heterocycles. The Bertz CT molecular complexity index is 761. The molecule has 3 aliphatic rings. The van der Waals surface area contributed by atoms with Gasteiger partial charge >= 0.3 is 0 Å². The molecule has 1 saturated heterocycles. The van der Waals surface area contributed by atoms with Gasteiger partial charge in [-0.05, 0) is 37.3 Å². The summed E-state index contributed by atoms with van der Waals surface area (Å²) < 4.78 is 34.2. The Labute approximate surface area is 161 Å². The first-order valence-corrected chi connectivity index (χ1v) is 11.5. The summed E-state index contributed by atoms with van der Waals surface area (Å²) in [6, 6.07) is 8.13. The van der Waals surface area contributed by atoms with Crippen LogP contribution in [0.1, 0.15) is 32.1 Å². The van der Waals surface area contributed by atoms with E-state index in [1.807, 2.05) is 6.07 Å². The zero-order valence-corrected chi connectivity index (χ0v) is 16.4. The summed E-state index contributed by atoms with van der Waals surface area (Å²) in [6.45, 7) is 2.76. The van der Waals surface area contributed by atoms with Crippen molar-refractivity contribution < 1.29 is 17.9 Å². The number of ether oxygens (including phenoxy) is 1. The number of benzene rings is 1. The molecule has 7 heteroatoms. The number of nitrogens with one attached hydrogen (secondary N) is 1. The number of rotatable bonds is 4. The molecular formula is C20H28N2O4S. The van der Waals surface area contributed by atoms with Gasteiger partial charge in [-0.2, -0.15) is 0 Å². The molecular weight excluding hydrogens is 364 g/mol. The minimum absolute atomic E-state index is 0.0242. The van der Waals surface area contributed by atoms with Gasteiger partial charge in [0.2, 0.25) is 10.0 Å². The SMILES string of the molecule is O=C1C2CCCCC2C(NS(=O)(=O)c2ccccc2)CC1N1CCOCC1. The minimum atomic E-state index is -3.59. The molecule has 1 heterocycles. The van der Waals surface area contributed by atoms with Crippen LogP contribution in [-0.2, 0) is 19.6 Å². The average Bonchev–Trinajstić information content (AvgIpc) is 2.71. The van der Waals surface area contributed by atoms with Gasteiger partial charge in [-0.15, -0.1) is 0 Å². The maximum Gasteiger partial charge on any atom is 0.240 e. The Morgan fingerprint density at radius 1 is 1.04 bits per heavy atom. The van der Waals surface area contributed by atoms with Crippen LogP contribution >= 0.6 is 0 Å². The lowest BCUT2D eigenvalue weighted by atomic mass is 9.66. The number of sulfonamides is 1. The largest absolute Gasteiger partial charge is 0.379 e. The zero-order chi connectivity index (χ0) is 18.9. The van der Waals surface area contributed by atoms with Gasteiger partial charge in [-0.3, -0.25) is 9.69 Å². The summed E-state index contributed by atoms with van der Waals surface area (Å²) in [5, 5.41) is 0. The number of hydrogen-bond donors (Lipinski definition) is 1. The highest BCUT2D eigenvalue weighted by atomic mass is 32.2. The molecule has 3 fully saturated rings. The molecule has 4 unspecified atom stereocenters. The number of Topliss-reactive ketones (excluding diaryl/α,β-unsaturated/α-hetero) is 1. The van der Waals surface area contributed by atoms with E-state index >= 15 is 0 Å². The van der Waals surface area contributed by atoms with Gasteiger partial charge in [0.15, 0.2) is 5.78 Å². The molecule has 4 atom stereocenters. The third-order valence-electron chi connectivity index (χ3n) is 6.35. The number of carbonyl (C=O) groups excluding carboxylic acids is 1. The number of morpholine rings is 1.